The van der Waals surface area contributed by atoms with E-state index < -0.39 is 9.84 Å². The molecule has 10 heteroatoms. The van der Waals surface area contributed by atoms with Crippen LogP contribution < -0.4 is 11.1 Å². The Labute approximate surface area is 220 Å². The first-order valence-corrected chi connectivity index (χ1v) is 13.9. The lowest BCUT2D eigenvalue weighted by Crippen LogP contribution is -2.32. The van der Waals surface area contributed by atoms with Gasteiger partial charge < -0.3 is 20.5 Å². The molecule has 1 saturated heterocycles. The van der Waals surface area contributed by atoms with Crippen molar-refractivity contribution in [3.8, 4) is 0 Å². The Kier molecular flexibility index (Phi) is 6.47. The smallest absolute Gasteiger partial charge is 0.257 e. The molecule has 2 amide bonds. The van der Waals surface area contributed by atoms with Crippen molar-refractivity contribution in [1.29, 1.82) is 0 Å². The fourth-order valence-electron chi connectivity index (χ4n) is 4.90. The number of likely N-dealkylation sites (tertiary alicyclic amines) is 1. The maximum atomic E-state index is 13.2. The van der Waals surface area contributed by atoms with E-state index in [1.807, 2.05) is 13.8 Å². The predicted molar refractivity (Wildman–Crippen MR) is 144 cm³/mol. The van der Waals surface area contributed by atoms with Gasteiger partial charge in [-0.1, -0.05) is 29.8 Å². The van der Waals surface area contributed by atoms with Gasteiger partial charge in [-0.15, -0.1) is 0 Å². The lowest BCUT2D eigenvalue weighted by atomic mass is 10.1. The number of nitrogens with two attached hydrogens (primary N) is 1. The largest absolute Gasteiger partial charge is 0.337 e. The summed E-state index contributed by atoms with van der Waals surface area (Å²) in [5.41, 5.74) is 9.87. The minimum Gasteiger partial charge on any atom is -0.337 e. The third-order valence-corrected chi connectivity index (χ3v) is 8.94. The second-order valence-corrected chi connectivity index (χ2v) is 11.9. The van der Waals surface area contributed by atoms with Crippen LogP contribution in [-0.4, -0.2) is 48.8 Å². The Balaban J connectivity index is 1.50. The van der Waals surface area contributed by atoms with E-state index in [1.54, 1.807) is 52.2 Å². The number of hydrogen-bond acceptors (Lipinski definition) is 5. The first-order chi connectivity index (χ1) is 17.5. The number of amides is 2. The number of hydrogen-bond donors (Lipinski definition) is 2. The van der Waals surface area contributed by atoms with Gasteiger partial charge in [0.05, 0.1) is 21.8 Å². The summed E-state index contributed by atoms with van der Waals surface area (Å²) in [5.74, 6) is -0.683. The number of carbonyl (C=O) groups is 2. The third-order valence-electron chi connectivity index (χ3n) is 6.91. The lowest BCUT2D eigenvalue weighted by Gasteiger charge is -2.16. The summed E-state index contributed by atoms with van der Waals surface area (Å²) in [5, 5.41) is 3.17. The summed E-state index contributed by atoms with van der Waals surface area (Å²) in [6, 6.07) is 11.4. The molecule has 0 spiro atoms. The van der Waals surface area contributed by atoms with E-state index in [2.05, 4.69) is 5.32 Å². The van der Waals surface area contributed by atoms with Gasteiger partial charge in [0.25, 0.3) is 11.8 Å². The zero-order chi connectivity index (χ0) is 26.5. The highest BCUT2D eigenvalue weighted by atomic mass is 35.5. The number of nitrogens with zero attached hydrogens (tertiary/aromatic N) is 2. The predicted octanol–water partition coefficient (Wildman–Crippen LogP) is 3.86. The van der Waals surface area contributed by atoms with Crippen molar-refractivity contribution in [3.05, 3.63) is 81.6 Å². The van der Waals surface area contributed by atoms with Gasteiger partial charge in [0.2, 0.25) is 0 Å². The number of nitrogens with one attached hydrogen (secondary N) is 1. The number of benzene rings is 2. The molecule has 3 N–H and O–H groups in total. The molecule has 8 nitrogen and oxygen atoms in total. The number of anilines is 1. The summed E-state index contributed by atoms with van der Waals surface area (Å²) in [6.45, 7) is 4.82. The van der Waals surface area contributed by atoms with E-state index in [0.717, 1.165) is 12.0 Å². The first-order valence-electron chi connectivity index (χ1n) is 11.9. The Morgan fingerprint density at radius 1 is 1.22 bits per heavy atom. The molecule has 2 aromatic carbocycles. The minimum atomic E-state index is -3.73. The van der Waals surface area contributed by atoms with Gasteiger partial charge in [0.1, 0.15) is 0 Å². The SMILES string of the molecule is Cc1cn(/C=C2\C(=O)Nc3ccc(S(=O)(=O)Cc4ccccc4Cl)cc32)c(C)c1C(=O)N1CC[C@@H](N)C1. The second kappa shape index (κ2) is 9.48. The number of fused-ring (bicyclic) bond motifs is 1. The zero-order valence-corrected chi connectivity index (χ0v) is 22.1. The van der Waals surface area contributed by atoms with E-state index in [0.29, 0.717) is 51.8 Å². The normalized spacial score (nSPS) is 18.4. The number of carbonyl (C=O) groups excluding carboxylic acids is 2. The van der Waals surface area contributed by atoms with Crippen LogP contribution in [0.5, 0.6) is 0 Å². The van der Waals surface area contributed by atoms with E-state index in [9.17, 15) is 18.0 Å². The molecular weight excluding hydrogens is 512 g/mol. The summed E-state index contributed by atoms with van der Waals surface area (Å²) >= 11 is 6.18. The van der Waals surface area contributed by atoms with Crippen LogP contribution in [-0.2, 0) is 20.4 Å². The van der Waals surface area contributed by atoms with Crippen molar-refractivity contribution >= 4 is 50.7 Å². The van der Waals surface area contributed by atoms with E-state index in [1.165, 1.54) is 12.1 Å². The van der Waals surface area contributed by atoms with Crippen LogP contribution in [0.3, 0.4) is 0 Å². The molecule has 3 aromatic rings. The van der Waals surface area contributed by atoms with Gasteiger partial charge >= 0.3 is 0 Å². The molecule has 5 rings (SSSR count). The fraction of sp³-hybridized carbons (Fsp3) is 0.259. The summed E-state index contributed by atoms with van der Waals surface area (Å²) in [4.78, 5) is 27.9. The van der Waals surface area contributed by atoms with Gasteiger partial charge in [-0.25, -0.2) is 8.42 Å². The molecule has 1 atom stereocenters. The summed E-state index contributed by atoms with van der Waals surface area (Å²) < 4.78 is 28.1. The highest BCUT2D eigenvalue weighted by molar-refractivity contribution is 7.90. The molecule has 37 heavy (non-hydrogen) atoms. The highest BCUT2D eigenvalue weighted by Gasteiger charge is 2.30. The Hall–Kier alpha value is -3.40. The Morgan fingerprint density at radius 3 is 2.68 bits per heavy atom. The number of halogens is 1. The quantitative estimate of drug-likeness (QED) is 0.479. The van der Waals surface area contributed by atoms with Crippen molar-refractivity contribution in [2.24, 2.45) is 5.73 Å². The molecule has 2 aliphatic rings. The highest BCUT2D eigenvalue weighted by Crippen LogP contribution is 2.35. The molecule has 0 unspecified atom stereocenters. The molecule has 1 aromatic heterocycles. The maximum absolute atomic E-state index is 13.2. The van der Waals surface area contributed by atoms with Gasteiger partial charge in [-0.3, -0.25) is 9.59 Å². The number of sulfone groups is 1. The molecule has 0 aliphatic carbocycles. The fourth-order valence-corrected chi connectivity index (χ4v) is 6.59. The molecule has 2 aliphatic heterocycles. The van der Waals surface area contributed by atoms with Crippen molar-refractivity contribution in [3.63, 3.8) is 0 Å². The van der Waals surface area contributed by atoms with E-state index in [-0.39, 0.29) is 28.5 Å². The van der Waals surface area contributed by atoms with Crippen LogP contribution in [0, 0.1) is 13.8 Å². The van der Waals surface area contributed by atoms with Crippen LogP contribution in [0.2, 0.25) is 5.02 Å². The average molecular weight is 539 g/mol. The molecule has 3 heterocycles. The monoisotopic (exact) mass is 538 g/mol. The van der Waals surface area contributed by atoms with Gasteiger partial charge in [0, 0.05) is 53.5 Å². The maximum Gasteiger partial charge on any atom is 0.257 e. The van der Waals surface area contributed by atoms with E-state index >= 15 is 0 Å². The Morgan fingerprint density at radius 2 is 1.97 bits per heavy atom. The topological polar surface area (TPSA) is 114 Å². The first kappa shape index (κ1) is 25.3. The lowest BCUT2D eigenvalue weighted by molar-refractivity contribution is -0.110. The van der Waals surface area contributed by atoms with Gasteiger partial charge in [-0.2, -0.15) is 0 Å². The van der Waals surface area contributed by atoms with Crippen molar-refractivity contribution in [1.82, 2.24) is 9.47 Å². The molecular formula is C27H27ClN4O4S. The number of rotatable bonds is 5. The molecule has 192 valence electrons. The van der Waals surface area contributed by atoms with E-state index in [4.69, 9.17) is 17.3 Å². The van der Waals surface area contributed by atoms with Crippen LogP contribution >= 0.6 is 11.6 Å². The second-order valence-electron chi connectivity index (χ2n) is 9.53. The molecule has 0 bridgehead atoms. The standard InChI is InChI=1S/C27H27ClN4O4S/c1-16-12-32(17(2)25(16)27(34)31-10-9-19(29)13-31)14-22-21-11-20(7-8-24(21)30-26(22)33)37(35,36)15-18-5-3-4-6-23(18)28/h3-8,11-12,14,19H,9-10,13,15,29H2,1-2H3,(H,30,33)/b22-14-/t19-/m1/s1. The van der Waals surface area contributed by atoms with Crippen molar-refractivity contribution < 1.29 is 18.0 Å². The van der Waals surface area contributed by atoms with Crippen molar-refractivity contribution in [2.75, 3.05) is 18.4 Å². The third kappa shape index (κ3) is 4.70. The van der Waals surface area contributed by atoms with Crippen molar-refractivity contribution in [2.45, 2.75) is 37.0 Å². The molecule has 0 saturated carbocycles. The number of aromatic nitrogens is 1. The summed E-state index contributed by atoms with van der Waals surface area (Å²) in [7, 11) is -3.73. The van der Waals surface area contributed by atoms with Gasteiger partial charge in [0.15, 0.2) is 9.84 Å². The van der Waals surface area contributed by atoms with Crippen LogP contribution in [0.4, 0.5) is 5.69 Å². The van der Waals surface area contributed by atoms with Crippen LogP contribution in [0.25, 0.3) is 11.8 Å². The molecule has 1 fully saturated rings. The minimum absolute atomic E-state index is 0.0177. The molecule has 0 radical (unpaired) electrons. The van der Waals surface area contributed by atoms with Gasteiger partial charge in [-0.05, 0) is 55.7 Å². The number of aryl methyl sites for hydroxylation is 1. The average Bonchev–Trinajstić information content (AvgIpc) is 3.50. The Bertz CT molecular complexity index is 1570. The summed E-state index contributed by atoms with van der Waals surface area (Å²) in [6.07, 6.45) is 4.21. The van der Waals surface area contributed by atoms with Crippen LogP contribution in [0.15, 0.2) is 53.6 Å². The van der Waals surface area contributed by atoms with Crippen LogP contribution in [0.1, 0.15) is 39.2 Å². The zero-order valence-electron chi connectivity index (χ0n) is 20.5.